The molecular weight excluding hydrogens is 522 g/mol. The molecule has 1 aliphatic heterocycles. The lowest BCUT2D eigenvalue weighted by molar-refractivity contribution is -0.132. The van der Waals surface area contributed by atoms with Crippen molar-refractivity contribution in [1.82, 2.24) is 15.5 Å². The third-order valence-electron chi connectivity index (χ3n) is 7.88. The summed E-state index contributed by atoms with van der Waals surface area (Å²) < 4.78 is 5.49. The van der Waals surface area contributed by atoms with Crippen LogP contribution in [-0.4, -0.2) is 64.6 Å². The molecular formula is C32H45N3O4S. The molecule has 0 radical (unpaired) electrons. The SMILES string of the molecule is CC(C)(C)NC(=O)C1CC2CCCCC2CN1CC(O)C(CSc1ccccc1)NC(=O)OCc1ccccc1. The minimum Gasteiger partial charge on any atom is -0.445 e. The van der Waals surface area contributed by atoms with Crippen molar-refractivity contribution >= 4 is 23.8 Å². The van der Waals surface area contributed by atoms with Crippen molar-refractivity contribution in [3.8, 4) is 0 Å². The van der Waals surface area contributed by atoms with Gasteiger partial charge in [0.25, 0.3) is 0 Å². The number of amides is 2. The number of aliphatic hydroxyl groups is 1. The first-order valence-corrected chi connectivity index (χ1v) is 15.6. The molecule has 2 aromatic rings. The largest absolute Gasteiger partial charge is 0.445 e. The molecule has 5 atom stereocenters. The monoisotopic (exact) mass is 567 g/mol. The van der Waals surface area contributed by atoms with Crippen LogP contribution in [0, 0.1) is 11.8 Å². The minimum atomic E-state index is -0.870. The first-order chi connectivity index (χ1) is 19.2. The molecule has 3 N–H and O–H groups in total. The van der Waals surface area contributed by atoms with Gasteiger partial charge >= 0.3 is 6.09 Å². The van der Waals surface area contributed by atoms with Crippen LogP contribution >= 0.6 is 11.8 Å². The molecule has 0 bridgehead atoms. The third-order valence-corrected chi connectivity index (χ3v) is 9.01. The normalized spacial score (nSPS) is 22.9. The van der Waals surface area contributed by atoms with Gasteiger partial charge in [-0.3, -0.25) is 9.69 Å². The summed E-state index contributed by atoms with van der Waals surface area (Å²) in [5, 5.41) is 17.6. The second kappa shape index (κ2) is 14.4. The van der Waals surface area contributed by atoms with Crippen molar-refractivity contribution in [2.45, 2.75) is 88.1 Å². The van der Waals surface area contributed by atoms with E-state index in [0.29, 0.717) is 24.1 Å². The Kier molecular flexibility index (Phi) is 10.9. The van der Waals surface area contributed by atoms with Crippen LogP contribution in [0.25, 0.3) is 0 Å². The summed E-state index contributed by atoms with van der Waals surface area (Å²) in [6.07, 6.45) is 4.18. The van der Waals surface area contributed by atoms with Gasteiger partial charge in [-0.15, -0.1) is 11.8 Å². The zero-order chi connectivity index (χ0) is 28.5. The van der Waals surface area contributed by atoms with Gasteiger partial charge in [-0.05, 0) is 63.1 Å². The molecule has 5 unspecified atom stereocenters. The van der Waals surface area contributed by atoms with E-state index in [1.807, 2.05) is 81.4 Å². The van der Waals surface area contributed by atoms with E-state index in [0.717, 1.165) is 23.4 Å². The lowest BCUT2D eigenvalue weighted by atomic mass is 9.72. The standard InChI is InChI=1S/C32H45N3O4S/c1-32(2,3)34-30(37)28-18-24-14-10-11-15-25(24)19-35(28)20-29(36)27(22-40-26-16-8-5-9-17-26)33-31(38)39-21-23-12-6-4-7-13-23/h4-9,12-13,16-17,24-25,27-29,36H,10-11,14-15,18-22H2,1-3H3,(H,33,38)(H,34,37). The fourth-order valence-electron chi connectivity index (χ4n) is 5.86. The average Bonchev–Trinajstić information content (AvgIpc) is 2.94. The molecule has 218 valence electrons. The van der Waals surface area contributed by atoms with Crippen LogP contribution in [0.3, 0.4) is 0 Å². The maximum absolute atomic E-state index is 13.4. The Labute approximate surface area is 243 Å². The Hall–Kier alpha value is -2.55. The van der Waals surface area contributed by atoms with Gasteiger partial charge in [-0.25, -0.2) is 4.79 Å². The number of nitrogens with zero attached hydrogens (tertiary/aromatic N) is 1. The van der Waals surface area contributed by atoms with Crippen LogP contribution in [0.15, 0.2) is 65.6 Å². The number of β-amino-alcohol motifs (C(OH)–C–C–N with tert-alkyl or cyclic N) is 1. The molecule has 1 saturated carbocycles. The number of thioether (sulfide) groups is 1. The van der Waals surface area contributed by atoms with E-state index in [4.69, 9.17) is 4.74 Å². The van der Waals surface area contributed by atoms with Crippen molar-refractivity contribution in [1.29, 1.82) is 0 Å². The molecule has 8 heteroatoms. The third kappa shape index (κ3) is 9.25. The highest BCUT2D eigenvalue weighted by atomic mass is 32.2. The number of benzene rings is 2. The predicted molar refractivity (Wildman–Crippen MR) is 160 cm³/mol. The number of hydrogen-bond donors (Lipinski definition) is 3. The van der Waals surface area contributed by atoms with Crippen LogP contribution < -0.4 is 10.6 Å². The van der Waals surface area contributed by atoms with E-state index in [-0.39, 0.29) is 24.1 Å². The second-order valence-corrected chi connectivity index (χ2v) is 13.3. The number of nitrogens with one attached hydrogen (secondary N) is 2. The van der Waals surface area contributed by atoms with Gasteiger partial charge in [0, 0.05) is 29.3 Å². The summed E-state index contributed by atoms with van der Waals surface area (Å²) in [5.74, 6) is 1.59. The number of rotatable bonds is 10. The van der Waals surface area contributed by atoms with Crippen LogP contribution in [0.2, 0.25) is 0 Å². The maximum Gasteiger partial charge on any atom is 0.407 e. The number of fused-ring (bicyclic) bond motifs is 1. The minimum absolute atomic E-state index is 0.0224. The molecule has 2 aromatic carbocycles. The molecule has 2 aliphatic rings. The van der Waals surface area contributed by atoms with E-state index in [1.165, 1.54) is 25.7 Å². The van der Waals surface area contributed by atoms with Gasteiger partial charge in [-0.2, -0.15) is 0 Å². The average molecular weight is 568 g/mol. The number of piperidine rings is 1. The van der Waals surface area contributed by atoms with Crippen molar-refractivity contribution in [2.24, 2.45) is 11.8 Å². The van der Waals surface area contributed by atoms with E-state index in [1.54, 1.807) is 11.8 Å². The fraction of sp³-hybridized carbons (Fsp3) is 0.562. The highest BCUT2D eigenvalue weighted by Gasteiger charge is 2.41. The van der Waals surface area contributed by atoms with Crippen molar-refractivity contribution in [2.75, 3.05) is 18.8 Å². The van der Waals surface area contributed by atoms with Crippen LogP contribution in [0.1, 0.15) is 58.4 Å². The van der Waals surface area contributed by atoms with E-state index >= 15 is 0 Å². The van der Waals surface area contributed by atoms with Gasteiger partial charge in [0.05, 0.1) is 18.2 Å². The fourth-order valence-corrected chi connectivity index (χ4v) is 6.89. The number of likely N-dealkylation sites (tertiary alicyclic amines) is 1. The first-order valence-electron chi connectivity index (χ1n) is 14.6. The zero-order valence-electron chi connectivity index (χ0n) is 24.1. The van der Waals surface area contributed by atoms with E-state index in [9.17, 15) is 14.7 Å². The van der Waals surface area contributed by atoms with Gasteiger partial charge in [-0.1, -0.05) is 67.8 Å². The quantitative estimate of drug-likeness (QED) is 0.341. The second-order valence-electron chi connectivity index (χ2n) is 12.3. The van der Waals surface area contributed by atoms with Crippen LogP contribution in [0.5, 0.6) is 0 Å². The Morgan fingerprint density at radius 1 is 1.02 bits per heavy atom. The number of alkyl carbamates (subject to hydrolysis) is 1. The first kappa shape index (κ1) is 30.4. The Morgan fingerprint density at radius 2 is 1.68 bits per heavy atom. The van der Waals surface area contributed by atoms with Gasteiger partial charge in [0.15, 0.2) is 0 Å². The van der Waals surface area contributed by atoms with Crippen molar-refractivity contribution < 1.29 is 19.4 Å². The van der Waals surface area contributed by atoms with Crippen LogP contribution in [0.4, 0.5) is 4.79 Å². The molecule has 40 heavy (non-hydrogen) atoms. The summed E-state index contributed by atoms with van der Waals surface area (Å²) >= 11 is 1.58. The topological polar surface area (TPSA) is 90.9 Å². The lowest BCUT2D eigenvalue weighted by Crippen LogP contribution is -2.60. The van der Waals surface area contributed by atoms with Gasteiger partial charge < -0.3 is 20.5 Å². The lowest BCUT2D eigenvalue weighted by Gasteiger charge is -2.47. The maximum atomic E-state index is 13.4. The molecule has 7 nitrogen and oxygen atoms in total. The van der Waals surface area contributed by atoms with Crippen molar-refractivity contribution in [3.05, 3.63) is 66.2 Å². The Morgan fingerprint density at radius 3 is 2.35 bits per heavy atom. The van der Waals surface area contributed by atoms with E-state index < -0.39 is 18.2 Å². The molecule has 0 spiro atoms. The van der Waals surface area contributed by atoms with Crippen LogP contribution in [-0.2, 0) is 16.1 Å². The molecule has 2 amide bonds. The number of aliphatic hydroxyl groups excluding tert-OH is 1. The summed E-state index contributed by atoms with van der Waals surface area (Å²) in [5.41, 5.74) is 0.570. The summed E-state index contributed by atoms with van der Waals surface area (Å²) in [6, 6.07) is 18.6. The molecule has 2 fully saturated rings. The molecule has 0 aromatic heterocycles. The molecule has 1 aliphatic carbocycles. The van der Waals surface area contributed by atoms with E-state index in [2.05, 4.69) is 15.5 Å². The zero-order valence-corrected chi connectivity index (χ0v) is 24.9. The summed E-state index contributed by atoms with van der Waals surface area (Å²) in [4.78, 5) is 29.5. The molecule has 1 heterocycles. The predicted octanol–water partition coefficient (Wildman–Crippen LogP) is 5.23. The Balaban J connectivity index is 1.45. The smallest absolute Gasteiger partial charge is 0.407 e. The van der Waals surface area contributed by atoms with Crippen molar-refractivity contribution in [3.63, 3.8) is 0 Å². The molecule has 1 saturated heterocycles. The highest BCUT2D eigenvalue weighted by molar-refractivity contribution is 7.99. The number of carbonyl (C=O) groups excluding carboxylic acids is 2. The number of ether oxygens (including phenoxy) is 1. The summed E-state index contributed by atoms with van der Waals surface area (Å²) in [7, 11) is 0. The number of carbonyl (C=O) groups is 2. The number of hydrogen-bond acceptors (Lipinski definition) is 6. The summed E-state index contributed by atoms with van der Waals surface area (Å²) in [6.45, 7) is 7.26. The van der Waals surface area contributed by atoms with Gasteiger partial charge in [0.1, 0.15) is 6.61 Å². The van der Waals surface area contributed by atoms with Gasteiger partial charge in [0.2, 0.25) is 5.91 Å². The Bertz CT molecular complexity index is 1080. The molecule has 4 rings (SSSR count). The highest BCUT2D eigenvalue weighted by Crippen LogP contribution is 2.39.